The molecule has 8 heteroatoms. The number of hydrogen-bond acceptors (Lipinski definition) is 6. The average Bonchev–Trinajstić information content (AvgIpc) is 2.86. The molecule has 0 unspecified atom stereocenters. The number of nitrogens with zero attached hydrogens (tertiary/aromatic N) is 1. The van der Waals surface area contributed by atoms with Crippen LogP contribution in [0.5, 0.6) is 23.0 Å². The molecule has 186 valence electrons. The zero-order chi connectivity index (χ0) is 25.3. The largest absolute Gasteiger partial charge is 0.493 e. The van der Waals surface area contributed by atoms with Gasteiger partial charge in [-0.1, -0.05) is 12.1 Å². The van der Waals surface area contributed by atoms with Crippen LogP contribution in [0.15, 0.2) is 36.4 Å². The topological polar surface area (TPSA) is 94.5 Å². The molecule has 0 aliphatic carbocycles. The van der Waals surface area contributed by atoms with E-state index in [0.29, 0.717) is 36.1 Å². The predicted molar refractivity (Wildman–Crippen MR) is 129 cm³/mol. The second kappa shape index (κ2) is 12.7. The highest BCUT2D eigenvalue weighted by molar-refractivity contribution is 5.85. The summed E-state index contributed by atoms with van der Waals surface area (Å²) in [6, 6.07) is 10.7. The smallest absolute Gasteiger partial charge is 0.307 e. The van der Waals surface area contributed by atoms with Gasteiger partial charge >= 0.3 is 5.97 Å². The second-order valence-corrected chi connectivity index (χ2v) is 7.85. The molecule has 0 aliphatic heterocycles. The number of rotatable bonds is 13. The van der Waals surface area contributed by atoms with Gasteiger partial charge < -0.3 is 29.0 Å². The van der Waals surface area contributed by atoms with Crippen molar-refractivity contribution in [2.24, 2.45) is 11.8 Å². The maximum absolute atomic E-state index is 13.5. The number of carboxylic acids is 1. The molecule has 0 aromatic heterocycles. The summed E-state index contributed by atoms with van der Waals surface area (Å²) in [4.78, 5) is 27.7. The molecule has 0 aliphatic rings. The Morgan fingerprint density at radius 2 is 1.15 bits per heavy atom. The van der Waals surface area contributed by atoms with E-state index in [9.17, 15) is 14.7 Å². The van der Waals surface area contributed by atoms with Crippen LogP contribution >= 0.6 is 0 Å². The summed E-state index contributed by atoms with van der Waals surface area (Å²) >= 11 is 0. The van der Waals surface area contributed by atoms with E-state index in [1.807, 2.05) is 19.9 Å². The minimum atomic E-state index is -1.03. The van der Waals surface area contributed by atoms with Gasteiger partial charge in [-0.05, 0) is 62.1 Å². The van der Waals surface area contributed by atoms with Crippen LogP contribution in [0.2, 0.25) is 0 Å². The molecular formula is C26H35NO7. The highest BCUT2D eigenvalue weighted by atomic mass is 16.5. The predicted octanol–water partition coefficient (Wildman–Crippen LogP) is 3.69. The Kier molecular flexibility index (Phi) is 10.0. The highest BCUT2D eigenvalue weighted by Gasteiger charge is 2.36. The lowest BCUT2D eigenvalue weighted by molar-refractivity contribution is -0.150. The van der Waals surface area contributed by atoms with Crippen LogP contribution in [-0.4, -0.2) is 63.4 Å². The lowest BCUT2D eigenvalue weighted by Gasteiger charge is -2.29. The Labute approximate surface area is 201 Å². The van der Waals surface area contributed by atoms with E-state index in [4.69, 9.17) is 18.9 Å². The first kappa shape index (κ1) is 26.8. The molecule has 2 aromatic rings. The summed E-state index contributed by atoms with van der Waals surface area (Å²) in [6.45, 7) is 4.78. The van der Waals surface area contributed by atoms with Crippen molar-refractivity contribution in [1.29, 1.82) is 0 Å². The molecule has 0 radical (unpaired) electrons. The van der Waals surface area contributed by atoms with Crippen LogP contribution in [0, 0.1) is 11.8 Å². The van der Waals surface area contributed by atoms with Crippen molar-refractivity contribution in [1.82, 2.24) is 4.90 Å². The Bertz CT molecular complexity index is 972. The fourth-order valence-electron chi connectivity index (χ4n) is 4.10. The summed E-state index contributed by atoms with van der Waals surface area (Å²) in [6.07, 6.45) is 0.417. The molecule has 2 atom stereocenters. The van der Waals surface area contributed by atoms with Gasteiger partial charge in [0.1, 0.15) is 0 Å². The molecule has 8 nitrogen and oxygen atoms in total. The van der Waals surface area contributed by atoms with E-state index >= 15 is 0 Å². The molecule has 0 saturated carbocycles. The first-order chi connectivity index (χ1) is 16.3. The van der Waals surface area contributed by atoms with Crippen molar-refractivity contribution in [2.75, 3.05) is 41.5 Å². The number of amides is 1. The molecule has 0 heterocycles. The average molecular weight is 474 g/mol. The molecular weight excluding hydrogens is 438 g/mol. The van der Waals surface area contributed by atoms with Gasteiger partial charge in [0, 0.05) is 13.1 Å². The van der Waals surface area contributed by atoms with Gasteiger partial charge in [0.05, 0.1) is 40.3 Å². The minimum absolute atomic E-state index is 0.167. The fourth-order valence-corrected chi connectivity index (χ4v) is 4.10. The summed E-state index contributed by atoms with van der Waals surface area (Å²) in [7, 11) is 6.16. The Morgan fingerprint density at radius 1 is 0.735 bits per heavy atom. The maximum atomic E-state index is 13.5. The molecule has 0 bridgehead atoms. The molecule has 2 rings (SSSR count). The summed E-state index contributed by atoms with van der Waals surface area (Å²) in [5.74, 6) is -0.773. The van der Waals surface area contributed by atoms with Gasteiger partial charge in [0.2, 0.25) is 5.91 Å². The van der Waals surface area contributed by atoms with E-state index < -0.39 is 17.8 Å². The molecule has 0 saturated heterocycles. The fraction of sp³-hybridized carbons (Fsp3) is 0.462. The normalized spacial score (nSPS) is 12.4. The zero-order valence-electron chi connectivity index (χ0n) is 20.8. The SMILES string of the molecule is CCN(CC)C(=O)[C@@H](Cc1ccc(OC)c(OC)c1)[C@@H](Cc1ccc(OC)c(OC)c1)C(=O)O. The first-order valence-electron chi connectivity index (χ1n) is 11.3. The quantitative estimate of drug-likeness (QED) is 0.474. The molecule has 1 N–H and O–H groups in total. The Balaban J connectivity index is 2.47. The molecule has 2 aromatic carbocycles. The third-order valence-corrected chi connectivity index (χ3v) is 6.00. The highest BCUT2D eigenvalue weighted by Crippen LogP contribution is 2.33. The van der Waals surface area contributed by atoms with E-state index in [1.165, 1.54) is 14.2 Å². The van der Waals surface area contributed by atoms with Gasteiger partial charge in [-0.25, -0.2) is 0 Å². The van der Waals surface area contributed by atoms with Crippen LogP contribution < -0.4 is 18.9 Å². The van der Waals surface area contributed by atoms with Crippen LogP contribution in [0.4, 0.5) is 0 Å². The van der Waals surface area contributed by atoms with Gasteiger partial charge in [0.15, 0.2) is 23.0 Å². The number of aliphatic carboxylic acids is 1. The van der Waals surface area contributed by atoms with Crippen molar-refractivity contribution in [2.45, 2.75) is 26.7 Å². The van der Waals surface area contributed by atoms with Crippen molar-refractivity contribution in [3.8, 4) is 23.0 Å². The molecule has 34 heavy (non-hydrogen) atoms. The van der Waals surface area contributed by atoms with Crippen molar-refractivity contribution in [3.63, 3.8) is 0 Å². The van der Waals surface area contributed by atoms with E-state index in [1.54, 1.807) is 49.5 Å². The van der Waals surface area contributed by atoms with Crippen LogP contribution in [0.25, 0.3) is 0 Å². The molecule has 1 amide bonds. The van der Waals surface area contributed by atoms with Crippen molar-refractivity contribution in [3.05, 3.63) is 47.5 Å². The molecule has 0 spiro atoms. The number of carbonyl (C=O) groups is 2. The van der Waals surface area contributed by atoms with Crippen LogP contribution in [0.3, 0.4) is 0 Å². The van der Waals surface area contributed by atoms with Gasteiger partial charge in [-0.15, -0.1) is 0 Å². The van der Waals surface area contributed by atoms with Crippen molar-refractivity contribution < 1.29 is 33.6 Å². The minimum Gasteiger partial charge on any atom is -0.493 e. The number of ether oxygens (including phenoxy) is 4. The lowest BCUT2D eigenvalue weighted by Crippen LogP contribution is -2.42. The number of methoxy groups -OCH3 is 4. The van der Waals surface area contributed by atoms with E-state index in [-0.39, 0.29) is 18.7 Å². The van der Waals surface area contributed by atoms with Gasteiger partial charge in [-0.2, -0.15) is 0 Å². The summed E-state index contributed by atoms with van der Waals surface area (Å²) in [5, 5.41) is 10.2. The zero-order valence-corrected chi connectivity index (χ0v) is 20.8. The number of carbonyl (C=O) groups excluding carboxylic acids is 1. The summed E-state index contributed by atoms with van der Waals surface area (Å²) in [5.41, 5.74) is 1.54. The standard InChI is InChI=1S/C26H35NO7/c1-7-27(8-2)25(28)19(13-17-9-11-21(31-3)23(15-17)33-5)20(26(29)30)14-18-10-12-22(32-4)24(16-18)34-6/h9-12,15-16,19-20H,7-8,13-14H2,1-6H3,(H,29,30)/t19-,20+/m0/s1. The van der Waals surface area contributed by atoms with Gasteiger partial charge in [0.25, 0.3) is 0 Å². The Hall–Kier alpha value is -3.42. The first-order valence-corrected chi connectivity index (χ1v) is 11.3. The second-order valence-electron chi connectivity index (χ2n) is 7.85. The number of benzene rings is 2. The van der Waals surface area contributed by atoms with E-state index in [0.717, 1.165) is 11.1 Å². The molecule has 0 fully saturated rings. The van der Waals surface area contributed by atoms with Crippen molar-refractivity contribution >= 4 is 11.9 Å². The van der Waals surface area contributed by atoms with Gasteiger partial charge in [-0.3, -0.25) is 9.59 Å². The van der Waals surface area contributed by atoms with Crippen LogP contribution in [0.1, 0.15) is 25.0 Å². The van der Waals surface area contributed by atoms with E-state index in [2.05, 4.69) is 0 Å². The van der Waals surface area contributed by atoms with Crippen LogP contribution in [-0.2, 0) is 22.4 Å². The monoisotopic (exact) mass is 473 g/mol. The number of hydrogen-bond donors (Lipinski definition) is 1. The third-order valence-electron chi connectivity index (χ3n) is 6.00. The Morgan fingerprint density at radius 3 is 1.50 bits per heavy atom. The third kappa shape index (κ3) is 6.34. The summed E-state index contributed by atoms with van der Waals surface area (Å²) < 4.78 is 21.4. The lowest BCUT2D eigenvalue weighted by atomic mass is 9.81. The maximum Gasteiger partial charge on any atom is 0.307 e. The number of carboxylic acid groups (broad SMARTS) is 1.